The molecule has 1 aliphatic rings. The minimum absolute atomic E-state index is 0.0536. The molecule has 198 valence electrons. The highest BCUT2D eigenvalue weighted by atomic mass is 35.5. The van der Waals surface area contributed by atoms with Crippen molar-refractivity contribution in [3.8, 4) is 11.3 Å². The van der Waals surface area contributed by atoms with Crippen LogP contribution in [-0.2, 0) is 4.74 Å². The monoisotopic (exact) mass is 558 g/mol. The number of thioether (sulfide) groups is 1. The third-order valence-corrected chi connectivity index (χ3v) is 7.22. The van der Waals surface area contributed by atoms with Crippen LogP contribution in [0.15, 0.2) is 41.4 Å². The summed E-state index contributed by atoms with van der Waals surface area (Å²) in [6, 6.07) is 4.86. The van der Waals surface area contributed by atoms with E-state index in [0.29, 0.717) is 15.5 Å². The molecule has 0 saturated carbocycles. The predicted octanol–water partition coefficient (Wildman–Crippen LogP) is 2.49. The average Bonchev–Trinajstić information content (AvgIpc) is 3.33. The molecule has 1 aliphatic heterocycles. The zero-order valence-corrected chi connectivity index (χ0v) is 21.0. The van der Waals surface area contributed by atoms with Crippen LogP contribution in [-0.4, -0.2) is 85.6 Å². The van der Waals surface area contributed by atoms with Gasteiger partial charge in [0.1, 0.15) is 35.5 Å². The van der Waals surface area contributed by atoms with Crippen LogP contribution in [0.4, 0.5) is 13.2 Å². The van der Waals surface area contributed by atoms with Crippen molar-refractivity contribution in [1.29, 1.82) is 0 Å². The maximum atomic E-state index is 13.7. The van der Waals surface area contributed by atoms with Gasteiger partial charge in [0.05, 0.1) is 18.4 Å². The molecule has 5 atom stereocenters. The normalized spacial score (nSPS) is 23.8. The third kappa shape index (κ3) is 5.47. The number of rotatable bonds is 6. The van der Waals surface area contributed by atoms with E-state index >= 15 is 0 Å². The van der Waals surface area contributed by atoms with Crippen molar-refractivity contribution in [1.82, 2.24) is 19.9 Å². The second-order valence-electron chi connectivity index (χ2n) is 8.49. The van der Waals surface area contributed by atoms with Gasteiger partial charge < -0.3 is 25.0 Å². The first-order chi connectivity index (χ1) is 17.5. The zero-order valence-electron chi connectivity index (χ0n) is 19.4. The Balaban J connectivity index is 1.67. The van der Waals surface area contributed by atoms with E-state index in [-0.39, 0.29) is 17.2 Å². The predicted molar refractivity (Wildman–Crippen MR) is 127 cm³/mol. The summed E-state index contributed by atoms with van der Waals surface area (Å²) in [4.78, 5) is 14.4. The maximum Gasteiger partial charge on any atom is 0.254 e. The Labute approximate surface area is 218 Å². The van der Waals surface area contributed by atoms with E-state index in [0.717, 1.165) is 28.6 Å². The van der Waals surface area contributed by atoms with Crippen LogP contribution >= 0.6 is 23.4 Å². The van der Waals surface area contributed by atoms with Crippen molar-refractivity contribution >= 4 is 29.3 Å². The number of benzene rings is 2. The van der Waals surface area contributed by atoms with Gasteiger partial charge in [-0.2, -0.15) is 0 Å². The zero-order chi connectivity index (χ0) is 27.0. The fourth-order valence-corrected chi connectivity index (χ4v) is 5.34. The number of aliphatic hydroxyl groups is 3. The van der Waals surface area contributed by atoms with E-state index in [1.165, 1.54) is 23.2 Å². The molecule has 4 rings (SSSR count). The summed E-state index contributed by atoms with van der Waals surface area (Å²) in [7, 11) is 3.15. The Morgan fingerprint density at radius 2 is 1.84 bits per heavy atom. The second-order valence-corrected chi connectivity index (χ2v) is 10.1. The van der Waals surface area contributed by atoms with E-state index in [1.807, 2.05) is 0 Å². The molecule has 3 aromatic rings. The molecule has 14 heteroatoms. The van der Waals surface area contributed by atoms with Gasteiger partial charge in [0.15, 0.2) is 17.5 Å². The van der Waals surface area contributed by atoms with Crippen molar-refractivity contribution in [3.63, 3.8) is 0 Å². The number of hydrogen-bond acceptors (Lipinski definition) is 8. The molecule has 1 aromatic heterocycles. The SMILES string of the molecule is CN(C)C(=O)c1ccc(Cl)cc1S[C@H]1OC(CO)[C@H](O)C(n2cc(-c3cc(F)c(F)c(F)c3)nn2)[C@@H]1O. The fraction of sp³-hybridized carbons (Fsp3) is 0.348. The van der Waals surface area contributed by atoms with Crippen molar-refractivity contribution in [2.24, 2.45) is 0 Å². The molecule has 0 bridgehead atoms. The molecule has 2 aromatic carbocycles. The highest BCUT2D eigenvalue weighted by Gasteiger charge is 2.46. The van der Waals surface area contributed by atoms with Crippen LogP contribution in [0.1, 0.15) is 16.4 Å². The van der Waals surface area contributed by atoms with Crippen molar-refractivity contribution < 1.29 is 38.0 Å². The summed E-state index contributed by atoms with van der Waals surface area (Å²) in [6.45, 7) is -0.615. The Kier molecular flexibility index (Phi) is 8.11. The van der Waals surface area contributed by atoms with E-state index in [1.54, 1.807) is 20.2 Å². The number of nitrogens with zero attached hydrogens (tertiary/aromatic N) is 4. The number of aromatic nitrogens is 3. The van der Waals surface area contributed by atoms with Crippen LogP contribution in [0.5, 0.6) is 0 Å². The number of amides is 1. The second kappa shape index (κ2) is 11.0. The average molecular weight is 559 g/mol. The lowest BCUT2D eigenvalue weighted by Crippen LogP contribution is -2.55. The topological polar surface area (TPSA) is 121 Å². The summed E-state index contributed by atoms with van der Waals surface area (Å²) in [5.41, 5.74) is -0.982. The minimum atomic E-state index is -1.63. The van der Waals surface area contributed by atoms with Crippen LogP contribution < -0.4 is 0 Å². The van der Waals surface area contributed by atoms with Gasteiger partial charge in [-0.15, -0.1) is 5.10 Å². The van der Waals surface area contributed by atoms with Gasteiger partial charge in [0, 0.05) is 29.6 Å². The first-order valence-electron chi connectivity index (χ1n) is 10.9. The summed E-state index contributed by atoms with van der Waals surface area (Å²) < 4.78 is 47.6. The van der Waals surface area contributed by atoms with Crippen molar-refractivity contribution in [3.05, 3.63) is 64.6 Å². The third-order valence-electron chi connectivity index (χ3n) is 5.77. The van der Waals surface area contributed by atoms with Gasteiger partial charge in [-0.1, -0.05) is 28.6 Å². The molecular weight excluding hydrogens is 537 g/mol. The number of halogens is 4. The Morgan fingerprint density at radius 3 is 2.46 bits per heavy atom. The van der Waals surface area contributed by atoms with Crippen molar-refractivity contribution in [2.75, 3.05) is 20.7 Å². The van der Waals surface area contributed by atoms with E-state index in [4.69, 9.17) is 16.3 Å². The van der Waals surface area contributed by atoms with Crippen LogP contribution in [0.25, 0.3) is 11.3 Å². The van der Waals surface area contributed by atoms with Gasteiger partial charge in [0.2, 0.25) is 0 Å². The molecular formula is C23H22ClF3N4O5S. The summed E-state index contributed by atoms with van der Waals surface area (Å²) in [5, 5.41) is 39.8. The molecule has 0 radical (unpaired) electrons. The lowest BCUT2D eigenvalue weighted by Gasteiger charge is -2.41. The maximum absolute atomic E-state index is 13.7. The Hall–Kier alpha value is -2.68. The van der Waals surface area contributed by atoms with Gasteiger partial charge >= 0.3 is 0 Å². The van der Waals surface area contributed by atoms with Crippen LogP contribution in [0.2, 0.25) is 5.02 Å². The van der Waals surface area contributed by atoms with E-state index in [9.17, 15) is 33.3 Å². The molecule has 2 unspecified atom stereocenters. The molecule has 1 saturated heterocycles. The molecule has 1 amide bonds. The molecule has 37 heavy (non-hydrogen) atoms. The van der Waals surface area contributed by atoms with Gasteiger partial charge in [-0.3, -0.25) is 4.79 Å². The molecule has 2 heterocycles. The first-order valence-corrected chi connectivity index (χ1v) is 12.1. The lowest BCUT2D eigenvalue weighted by atomic mass is 9.97. The fourth-order valence-electron chi connectivity index (χ4n) is 3.87. The summed E-state index contributed by atoms with van der Waals surface area (Å²) in [5.74, 6) is -4.79. The summed E-state index contributed by atoms with van der Waals surface area (Å²) in [6.07, 6.45) is -2.87. The van der Waals surface area contributed by atoms with Gasteiger partial charge in [-0.05, 0) is 30.3 Å². The Bertz CT molecular complexity index is 1290. The quantitative estimate of drug-likeness (QED) is 0.395. The molecule has 9 nitrogen and oxygen atoms in total. The molecule has 1 fully saturated rings. The number of hydrogen-bond donors (Lipinski definition) is 3. The largest absolute Gasteiger partial charge is 0.394 e. The highest BCUT2D eigenvalue weighted by molar-refractivity contribution is 8.00. The Morgan fingerprint density at radius 1 is 1.16 bits per heavy atom. The van der Waals surface area contributed by atoms with E-state index < -0.39 is 53.8 Å². The molecule has 0 spiro atoms. The number of ether oxygens (including phenoxy) is 1. The molecule has 3 N–H and O–H groups in total. The number of carbonyl (C=O) groups excluding carboxylic acids is 1. The smallest absolute Gasteiger partial charge is 0.254 e. The van der Waals surface area contributed by atoms with E-state index in [2.05, 4.69) is 10.3 Å². The lowest BCUT2D eigenvalue weighted by molar-refractivity contribution is -0.178. The number of aliphatic hydroxyl groups excluding tert-OH is 3. The minimum Gasteiger partial charge on any atom is -0.394 e. The van der Waals surface area contributed by atoms with Crippen LogP contribution in [0, 0.1) is 17.5 Å². The highest BCUT2D eigenvalue weighted by Crippen LogP contribution is 2.40. The first kappa shape index (κ1) is 27.4. The van der Waals surface area contributed by atoms with Gasteiger partial charge in [0.25, 0.3) is 5.91 Å². The number of carbonyl (C=O) groups is 1. The van der Waals surface area contributed by atoms with Gasteiger partial charge in [-0.25, -0.2) is 17.9 Å². The molecule has 0 aliphatic carbocycles. The summed E-state index contributed by atoms with van der Waals surface area (Å²) >= 11 is 7.09. The standard InChI is InChI=1S/C23H22ClF3N4O5S/c1-30(2)22(35)12-4-3-11(24)7-17(12)37-23-21(34)19(20(33)16(9-32)36-23)31-8-15(28-29-31)10-5-13(25)18(27)14(26)6-10/h3-8,16,19-21,23,32-34H,9H2,1-2H3/t16?,19?,20-,21-,23+/m0/s1. The van der Waals surface area contributed by atoms with Crippen molar-refractivity contribution in [2.45, 2.75) is 34.7 Å². The van der Waals surface area contributed by atoms with Crippen LogP contribution in [0.3, 0.4) is 0 Å².